The van der Waals surface area contributed by atoms with E-state index in [1.807, 2.05) is 39.8 Å². The summed E-state index contributed by atoms with van der Waals surface area (Å²) in [6.45, 7) is 9.78. The SMILES string of the molecule is Cc1cc2cc(C(=O)NCC(C)(O)C(C)C)oc2cc1C. The van der Waals surface area contributed by atoms with Gasteiger partial charge in [-0.05, 0) is 56.0 Å². The van der Waals surface area contributed by atoms with Crippen molar-refractivity contribution in [1.82, 2.24) is 5.32 Å². The minimum absolute atomic E-state index is 0.0544. The molecule has 0 aliphatic rings. The Bertz CT molecular complexity index is 629. The minimum Gasteiger partial charge on any atom is -0.451 e. The standard InChI is InChI=1S/C17H23NO3/c1-10(2)17(5,20)9-18-16(19)15-8-13-6-11(3)12(4)7-14(13)21-15/h6-8,10,20H,9H2,1-5H3,(H,18,19). The lowest BCUT2D eigenvalue weighted by Gasteiger charge is -2.27. The highest BCUT2D eigenvalue weighted by molar-refractivity contribution is 5.96. The van der Waals surface area contributed by atoms with E-state index in [9.17, 15) is 9.90 Å². The van der Waals surface area contributed by atoms with Gasteiger partial charge in [0.1, 0.15) is 5.58 Å². The first-order valence-corrected chi connectivity index (χ1v) is 7.22. The number of hydrogen-bond donors (Lipinski definition) is 2. The number of fused-ring (bicyclic) bond motifs is 1. The van der Waals surface area contributed by atoms with Gasteiger partial charge in [-0.2, -0.15) is 0 Å². The molecule has 1 amide bonds. The molecule has 4 heteroatoms. The van der Waals surface area contributed by atoms with Crippen LogP contribution in [0, 0.1) is 19.8 Å². The Labute approximate surface area is 125 Å². The number of carbonyl (C=O) groups excluding carboxylic acids is 1. The molecule has 1 atom stereocenters. The van der Waals surface area contributed by atoms with Crippen LogP contribution in [-0.4, -0.2) is 23.2 Å². The van der Waals surface area contributed by atoms with Crippen molar-refractivity contribution in [3.05, 3.63) is 35.1 Å². The number of furan rings is 1. The molecular weight excluding hydrogens is 266 g/mol. The van der Waals surface area contributed by atoms with E-state index < -0.39 is 5.60 Å². The highest BCUT2D eigenvalue weighted by Crippen LogP contribution is 2.23. The van der Waals surface area contributed by atoms with Gasteiger partial charge in [-0.25, -0.2) is 0 Å². The lowest BCUT2D eigenvalue weighted by atomic mass is 9.92. The smallest absolute Gasteiger partial charge is 0.287 e. The van der Waals surface area contributed by atoms with E-state index in [1.165, 1.54) is 0 Å². The Kier molecular flexibility index (Phi) is 4.10. The van der Waals surface area contributed by atoms with E-state index in [0.29, 0.717) is 5.58 Å². The van der Waals surface area contributed by atoms with Crippen LogP contribution in [0.2, 0.25) is 0 Å². The first-order chi connectivity index (χ1) is 9.70. The quantitative estimate of drug-likeness (QED) is 0.908. The third-order valence-electron chi connectivity index (χ3n) is 4.21. The fourth-order valence-electron chi connectivity index (χ4n) is 1.96. The van der Waals surface area contributed by atoms with Crippen LogP contribution in [0.25, 0.3) is 11.0 Å². The van der Waals surface area contributed by atoms with E-state index in [0.717, 1.165) is 16.5 Å². The predicted molar refractivity (Wildman–Crippen MR) is 83.5 cm³/mol. The third kappa shape index (κ3) is 3.27. The lowest BCUT2D eigenvalue weighted by molar-refractivity contribution is 0.0140. The molecule has 4 nitrogen and oxygen atoms in total. The normalized spacial score (nSPS) is 14.4. The minimum atomic E-state index is -0.936. The molecule has 0 spiro atoms. The number of rotatable bonds is 4. The van der Waals surface area contributed by atoms with Gasteiger partial charge >= 0.3 is 0 Å². The molecular formula is C17H23NO3. The second kappa shape index (κ2) is 5.53. The molecule has 0 fully saturated rings. The highest BCUT2D eigenvalue weighted by atomic mass is 16.3. The lowest BCUT2D eigenvalue weighted by Crippen LogP contribution is -2.44. The number of carbonyl (C=O) groups is 1. The van der Waals surface area contributed by atoms with Crippen molar-refractivity contribution in [2.24, 2.45) is 5.92 Å². The number of benzene rings is 1. The zero-order valence-electron chi connectivity index (χ0n) is 13.3. The fraction of sp³-hybridized carbons (Fsp3) is 0.471. The van der Waals surface area contributed by atoms with Crippen LogP contribution < -0.4 is 5.32 Å². The first-order valence-electron chi connectivity index (χ1n) is 7.22. The second-order valence-electron chi connectivity index (χ2n) is 6.28. The number of hydrogen-bond acceptors (Lipinski definition) is 3. The molecule has 2 N–H and O–H groups in total. The number of aliphatic hydroxyl groups is 1. The molecule has 1 aromatic carbocycles. The van der Waals surface area contributed by atoms with Crippen LogP contribution >= 0.6 is 0 Å². The van der Waals surface area contributed by atoms with Crippen molar-refractivity contribution in [2.45, 2.75) is 40.2 Å². The largest absolute Gasteiger partial charge is 0.451 e. The van der Waals surface area contributed by atoms with Crippen molar-refractivity contribution in [2.75, 3.05) is 6.54 Å². The first kappa shape index (κ1) is 15.6. The zero-order chi connectivity index (χ0) is 15.8. The maximum atomic E-state index is 12.1. The maximum absolute atomic E-state index is 12.1. The van der Waals surface area contributed by atoms with E-state index >= 15 is 0 Å². The van der Waals surface area contributed by atoms with Crippen molar-refractivity contribution in [1.29, 1.82) is 0 Å². The maximum Gasteiger partial charge on any atom is 0.287 e. The average Bonchev–Trinajstić information content (AvgIpc) is 2.79. The van der Waals surface area contributed by atoms with Gasteiger partial charge in [0.15, 0.2) is 5.76 Å². The van der Waals surface area contributed by atoms with E-state index in [2.05, 4.69) is 5.32 Å². The summed E-state index contributed by atoms with van der Waals surface area (Å²) in [5.41, 5.74) is 2.07. The molecule has 2 aromatic rings. The molecule has 2 rings (SSSR count). The molecule has 114 valence electrons. The number of amides is 1. The van der Waals surface area contributed by atoms with Gasteiger partial charge in [0.05, 0.1) is 5.60 Å². The van der Waals surface area contributed by atoms with Crippen molar-refractivity contribution < 1.29 is 14.3 Å². The molecule has 0 saturated heterocycles. The summed E-state index contributed by atoms with van der Waals surface area (Å²) in [6, 6.07) is 5.68. The van der Waals surface area contributed by atoms with Gasteiger partial charge in [0.2, 0.25) is 0 Å². The van der Waals surface area contributed by atoms with Gasteiger partial charge in [-0.15, -0.1) is 0 Å². The van der Waals surface area contributed by atoms with Gasteiger partial charge < -0.3 is 14.8 Å². The molecule has 0 bridgehead atoms. The van der Waals surface area contributed by atoms with Crippen molar-refractivity contribution >= 4 is 16.9 Å². The molecule has 1 unspecified atom stereocenters. The fourth-order valence-corrected chi connectivity index (χ4v) is 1.96. The topological polar surface area (TPSA) is 62.5 Å². The predicted octanol–water partition coefficient (Wildman–Crippen LogP) is 3.19. The van der Waals surface area contributed by atoms with Crippen molar-refractivity contribution in [3.8, 4) is 0 Å². The second-order valence-corrected chi connectivity index (χ2v) is 6.28. The summed E-state index contributed by atoms with van der Waals surface area (Å²) < 4.78 is 5.60. The molecule has 0 aliphatic heterocycles. The Hall–Kier alpha value is -1.81. The summed E-state index contributed by atoms with van der Waals surface area (Å²) in [4.78, 5) is 12.1. The Balaban J connectivity index is 2.17. The summed E-state index contributed by atoms with van der Waals surface area (Å²) in [5, 5.41) is 13.8. The zero-order valence-corrected chi connectivity index (χ0v) is 13.3. The Morgan fingerprint density at radius 3 is 2.52 bits per heavy atom. The van der Waals surface area contributed by atoms with Crippen molar-refractivity contribution in [3.63, 3.8) is 0 Å². The Morgan fingerprint density at radius 2 is 1.90 bits per heavy atom. The van der Waals surface area contributed by atoms with E-state index in [-0.39, 0.29) is 24.1 Å². The van der Waals surface area contributed by atoms with Crippen LogP contribution in [0.3, 0.4) is 0 Å². The molecule has 21 heavy (non-hydrogen) atoms. The molecule has 1 heterocycles. The number of nitrogens with one attached hydrogen (secondary N) is 1. The van der Waals surface area contributed by atoms with E-state index in [4.69, 9.17) is 4.42 Å². The van der Waals surface area contributed by atoms with Crippen LogP contribution in [0.15, 0.2) is 22.6 Å². The molecule has 0 aliphatic carbocycles. The Morgan fingerprint density at radius 1 is 1.29 bits per heavy atom. The van der Waals surface area contributed by atoms with Gasteiger partial charge in [-0.1, -0.05) is 13.8 Å². The molecule has 1 aromatic heterocycles. The van der Waals surface area contributed by atoms with E-state index in [1.54, 1.807) is 13.0 Å². The molecule has 0 radical (unpaired) electrons. The summed E-state index contributed by atoms with van der Waals surface area (Å²) >= 11 is 0. The monoisotopic (exact) mass is 289 g/mol. The summed E-state index contributed by atoms with van der Waals surface area (Å²) in [5.74, 6) is 0.0239. The van der Waals surface area contributed by atoms with Crippen LogP contribution in [-0.2, 0) is 0 Å². The van der Waals surface area contributed by atoms with Crippen LogP contribution in [0.1, 0.15) is 42.5 Å². The summed E-state index contributed by atoms with van der Waals surface area (Å²) in [6.07, 6.45) is 0. The average molecular weight is 289 g/mol. The van der Waals surface area contributed by atoms with Gasteiger partial charge in [-0.3, -0.25) is 4.79 Å². The highest BCUT2D eigenvalue weighted by Gasteiger charge is 2.26. The molecule has 0 saturated carbocycles. The van der Waals surface area contributed by atoms with Crippen LogP contribution in [0.4, 0.5) is 0 Å². The van der Waals surface area contributed by atoms with Crippen LogP contribution in [0.5, 0.6) is 0 Å². The number of aryl methyl sites for hydroxylation is 2. The third-order valence-corrected chi connectivity index (χ3v) is 4.21. The van der Waals surface area contributed by atoms with Gasteiger partial charge in [0, 0.05) is 11.9 Å². The summed E-state index contributed by atoms with van der Waals surface area (Å²) in [7, 11) is 0. The van der Waals surface area contributed by atoms with Gasteiger partial charge in [0.25, 0.3) is 5.91 Å².